The Morgan fingerprint density at radius 3 is 2.71 bits per heavy atom. The van der Waals surface area contributed by atoms with E-state index in [1.165, 1.54) is 11.8 Å². The largest absolute Gasteiger partial charge is 0.454 e. The first-order valence-corrected chi connectivity index (χ1v) is 8.39. The smallest absolute Gasteiger partial charge is 0.166 e. The summed E-state index contributed by atoms with van der Waals surface area (Å²) >= 11 is 0. The highest BCUT2D eigenvalue weighted by molar-refractivity contribution is 5.35. The van der Waals surface area contributed by atoms with Crippen LogP contribution in [-0.4, -0.2) is 6.04 Å². The molecule has 4 heteroatoms. The third-order valence-corrected chi connectivity index (χ3v) is 4.28. The van der Waals surface area contributed by atoms with Gasteiger partial charge < -0.3 is 15.4 Å². The van der Waals surface area contributed by atoms with Crippen LogP contribution in [0.4, 0.5) is 4.39 Å². The number of hydrogen-bond acceptors (Lipinski definition) is 3. The van der Waals surface area contributed by atoms with E-state index in [4.69, 9.17) is 4.74 Å². The molecule has 2 aromatic carbocycles. The molecule has 0 radical (unpaired) electrons. The van der Waals surface area contributed by atoms with Crippen molar-refractivity contribution in [3.8, 4) is 11.5 Å². The molecule has 24 heavy (non-hydrogen) atoms. The van der Waals surface area contributed by atoms with Gasteiger partial charge in [-0.2, -0.15) is 0 Å². The lowest BCUT2D eigenvalue weighted by Crippen LogP contribution is -2.20. The highest BCUT2D eigenvalue weighted by atomic mass is 19.1. The Balaban J connectivity index is 1.66. The van der Waals surface area contributed by atoms with Crippen molar-refractivity contribution >= 4 is 0 Å². The predicted molar refractivity (Wildman–Crippen MR) is 94.4 cm³/mol. The third-order valence-electron chi connectivity index (χ3n) is 4.28. The molecule has 2 atom stereocenters. The average molecular weight is 326 g/mol. The predicted octanol–water partition coefficient (Wildman–Crippen LogP) is 4.88. The lowest BCUT2D eigenvalue weighted by atomic mass is 10.1. The molecule has 3 rings (SSSR count). The van der Waals surface area contributed by atoms with Gasteiger partial charge in [0.2, 0.25) is 0 Å². The molecule has 0 saturated heterocycles. The molecule has 1 heterocycles. The second kappa shape index (κ2) is 7.39. The molecule has 2 N–H and O–H groups in total. The van der Waals surface area contributed by atoms with Gasteiger partial charge in [-0.05, 0) is 43.2 Å². The van der Waals surface area contributed by atoms with E-state index in [2.05, 4.69) is 17.6 Å². The quantitative estimate of drug-likeness (QED) is 0.793. The molecule has 2 unspecified atom stereocenters. The van der Waals surface area contributed by atoms with Gasteiger partial charge in [0, 0.05) is 30.4 Å². The maximum atomic E-state index is 14.3. The summed E-state index contributed by atoms with van der Waals surface area (Å²) in [6.07, 6.45) is 4.10. The first-order valence-electron chi connectivity index (χ1n) is 8.39. The number of halogens is 1. The van der Waals surface area contributed by atoms with Crippen molar-refractivity contribution < 1.29 is 9.13 Å². The molecule has 0 saturated carbocycles. The highest BCUT2D eigenvalue weighted by Gasteiger charge is 2.17. The summed E-state index contributed by atoms with van der Waals surface area (Å²) < 4.78 is 19.9. The Kier molecular flexibility index (Phi) is 5.04. The third kappa shape index (κ3) is 3.88. The molecular weight excluding hydrogens is 303 g/mol. The molecule has 0 aromatic heterocycles. The van der Waals surface area contributed by atoms with Crippen molar-refractivity contribution in [3.63, 3.8) is 0 Å². The SMILES string of the molecule is CCC1CC(NC(C)c2ccc(Oc3ccccc3)c(F)c2)=CN1. The van der Waals surface area contributed by atoms with Crippen molar-refractivity contribution in [1.82, 2.24) is 10.6 Å². The van der Waals surface area contributed by atoms with E-state index in [9.17, 15) is 4.39 Å². The number of nitrogens with one attached hydrogen (secondary N) is 2. The number of ether oxygens (including phenoxy) is 1. The van der Waals surface area contributed by atoms with Gasteiger partial charge >= 0.3 is 0 Å². The monoisotopic (exact) mass is 326 g/mol. The summed E-state index contributed by atoms with van der Waals surface area (Å²) in [6, 6.07) is 14.9. The van der Waals surface area contributed by atoms with Gasteiger partial charge in [-0.3, -0.25) is 0 Å². The van der Waals surface area contributed by atoms with E-state index in [0.717, 1.165) is 18.4 Å². The van der Waals surface area contributed by atoms with E-state index in [1.54, 1.807) is 18.2 Å². The van der Waals surface area contributed by atoms with E-state index in [-0.39, 0.29) is 17.6 Å². The molecule has 1 aliphatic rings. The van der Waals surface area contributed by atoms with Crippen molar-refractivity contribution in [2.24, 2.45) is 0 Å². The Bertz CT molecular complexity index is 715. The van der Waals surface area contributed by atoms with Crippen LogP contribution in [-0.2, 0) is 0 Å². The molecule has 1 aliphatic heterocycles. The molecule has 0 spiro atoms. The fourth-order valence-corrected chi connectivity index (χ4v) is 2.81. The maximum absolute atomic E-state index is 14.3. The van der Waals surface area contributed by atoms with Gasteiger partial charge in [0.15, 0.2) is 11.6 Å². The zero-order valence-corrected chi connectivity index (χ0v) is 14.1. The summed E-state index contributed by atoms with van der Waals surface area (Å²) in [4.78, 5) is 0. The Hall–Kier alpha value is -2.49. The minimum atomic E-state index is -0.352. The molecule has 0 bridgehead atoms. The van der Waals surface area contributed by atoms with Gasteiger partial charge in [0.05, 0.1) is 0 Å². The van der Waals surface area contributed by atoms with Crippen LogP contribution in [0.1, 0.15) is 38.3 Å². The van der Waals surface area contributed by atoms with Crippen LogP contribution in [0, 0.1) is 5.82 Å². The van der Waals surface area contributed by atoms with E-state index in [0.29, 0.717) is 11.8 Å². The van der Waals surface area contributed by atoms with Crippen LogP contribution in [0.3, 0.4) is 0 Å². The normalized spacial score (nSPS) is 17.8. The minimum Gasteiger partial charge on any atom is -0.454 e. The van der Waals surface area contributed by atoms with Gasteiger partial charge in [-0.15, -0.1) is 0 Å². The molecule has 126 valence electrons. The Morgan fingerprint density at radius 1 is 1.25 bits per heavy atom. The van der Waals surface area contributed by atoms with E-state index in [1.807, 2.05) is 37.4 Å². The summed E-state index contributed by atoms with van der Waals surface area (Å²) in [5.74, 6) is 0.517. The van der Waals surface area contributed by atoms with E-state index >= 15 is 0 Å². The summed E-state index contributed by atoms with van der Waals surface area (Å²) in [7, 11) is 0. The zero-order chi connectivity index (χ0) is 16.9. The molecular formula is C20H23FN2O. The van der Waals surface area contributed by atoms with Crippen molar-refractivity contribution in [3.05, 3.63) is 71.8 Å². The van der Waals surface area contributed by atoms with Crippen molar-refractivity contribution in [2.75, 3.05) is 0 Å². The van der Waals surface area contributed by atoms with Crippen molar-refractivity contribution in [1.29, 1.82) is 0 Å². The van der Waals surface area contributed by atoms with Gasteiger partial charge in [0.1, 0.15) is 5.75 Å². The molecule has 2 aromatic rings. The van der Waals surface area contributed by atoms with Crippen LogP contribution in [0.25, 0.3) is 0 Å². The fraction of sp³-hybridized carbons (Fsp3) is 0.300. The molecule has 0 amide bonds. The first kappa shape index (κ1) is 16.4. The van der Waals surface area contributed by atoms with Crippen LogP contribution in [0.2, 0.25) is 0 Å². The van der Waals surface area contributed by atoms with Crippen LogP contribution in [0.5, 0.6) is 11.5 Å². The second-order valence-electron chi connectivity index (χ2n) is 6.12. The average Bonchev–Trinajstić information content (AvgIpc) is 3.05. The van der Waals surface area contributed by atoms with Gasteiger partial charge in [-0.25, -0.2) is 4.39 Å². The van der Waals surface area contributed by atoms with E-state index < -0.39 is 0 Å². The van der Waals surface area contributed by atoms with Crippen molar-refractivity contribution in [2.45, 2.75) is 38.8 Å². The topological polar surface area (TPSA) is 33.3 Å². The second-order valence-corrected chi connectivity index (χ2v) is 6.12. The standard InChI is InChI=1S/C20H23FN2O/c1-3-16-12-17(13-22-16)23-14(2)15-9-10-20(19(21)11-15)24-18-7-5-4-6-8-18/h4-11,13-14,16,22-23H,3,12H2,1-2H3. The van der Waals surface area contributed by atoms with Crippen LogP contribution >= 0.6 is 0 Å². The number of benzene rings is 2. The Morgan fingerprint density at radius 2 is 2.04 bits per heavy atom. The lowest BCUT2D eigenvalue weighted by molar-refractivity contribution is 0.440. The summed E-state index contributed by atoms with van der Waals surface area (Å²) in [5.41, 5.74) is 2.06. The maximum Gasteiger partial charge on any atom is 0.166 e. The van der Waals surface area contributed by atoms with Gasteiger partial charge in [0.25, 0.3) is 0 Å². The number of rotatable bonds is 6. The lowest BCUT2D eigenvalue weighted by Gasteiger charge is -2.17. The molecule has 0 aliphatic carbocycles. The summed E-state index contributed by atoms with van der Waals surface area (Å²) in [5, 5.41) is 6.79. The zero-order valence-electron chi connectivity index (χ0n) is 14.1. The van der Waals surface area contributed by atoms with Crippen LogP contribution in [0.15, 0.2) is 60.4 Å². The number of hydrogen-bond donors (Lipinski definition) is 2. The van der Waals surface area contributed by atoms with Gasteiger partial charge in [-0.1, -0.05) is 31.2 Å². The highest BCUT2D eigenvalue weighted by Crippen LogP contribution is 2.27. The first-order chi connectivity index (χ1) is 11.7. The minimum absolute atomic E-state index is 0.0360. The Labute approximate surface area is 142 Å². The molecule has 0 fully saturated rings. The fourth-order valence-electron chi connectivity index (χ4n) is 2.81. The summed E-state index contributed by atoms with van der Waals surface area (Å²) in [6.45, 7) is 4.20. The van der Waals surface area contributed by atoms with Crippen LogP contribution < -0.4 is 15.4 Å². The number of para-hydroxylation sites is 1. The molecule has 3 nitrogen and oxygen atoms in total.